The lowest BCUT2D eigenvalue weighted by molar-refractivity contribution is 0.828. The van der Waals surface area contributed by atoms with E-state index in [0.717, 1.165) is 55.8 Å². The van der Waals surface area contributed by atoms with Crippen molar-refractivity contribution in [3.63, 3.8) is 0 Å². The van der Waals surface area contributed by atoms with E-state index in [1.165, 1.54) is 43.8 Å². The third-order valence-corrected chi connectivity index (χ3v) is 11.2. The van der Waals surface area contributed by atoms with E-state index in [2.05, 4.69) is 206 Å². The molecule has 0 fully saturated rings. The number of nitrogens with one attached hydrogen (secondary N) is 1. The topological polar surface area (TPSA) is 50.2 Å². The second-order valence-corrected chi connectivity index (χ2v) is 14.9. The lowest BCUT2D eigenvalue weighted by Gasteiger charge is -2.26. The summed E-state index contributed by atoms with van der Waals surface area (Å²) in [5.41, 5.74) is 13.9. The van der Waals surface area contributed by atoms with Crippen LogP contribution >= 0.6 is 0 Å². The number of benzene rings is 9. The third-order valence-electron chi connectivity index (χ3n) is 11.2. The molecule has 0 spiro atoms. The molecule has 0 amide bonds. The predicted octanol–water partition coefficient (Wildman–Crippen LogP) is 13.8. The van der Waals surface area contributed by atoms with Crippen molar-refractivity contribution in [1.29, 1.82) is 0 Å². The summed E-state index contributed by atoms with van der Waals surface area (Å²) >= 11 is 0. The fourth-order valence-electron chi connectivity index (χ4n) is 8.26. The van der Waals surface area contributed by atoms with Crippen molar-refractivity contribution < 1.29 is 1.43 Å². The Morgan fingerprint density at radius 3 is 1.66 bits per heavy atom. The number of rotatable bonds is 6. The van der Waals surface area contributed by atoms with Crippen LogP contribution in [0.4, 0.5) is 5.69 Å². The molecule has 10 aromatic rings. The SMILES string of the molecule is [HH].c1ccc(-c2ccc3cc(C4=NC(c5cccc(-c6nc(-c7ccc8cc(-c9ccccc9)ccc8c7)c7ccccc7n6)c5)Nc5ccccc54)ccc3c2)cc1. The Morgan fingerprint density at radius 1 is 0.397 bits per heavy atom. The maximum absolute atomic E-state index is 5.40. The Balaban J connectivity index is 0.00000420. The predicted molar refractivity (Wildman–Crippen MR) is 243 cm³/mol. The Hall–Kier alpha value is -7.69. The van der Waals surface area contributed by atoms with E-state index in [1.54, 1.807) is 0 Å². The Bertz CT molecular complexity index is 3210. The molecule has 0 bridgehead atoms. The van der Waals surface area contributed by atoms with E-state index in [4.69, 9.17) is 15.0 Å². The summed E-state index contributed by atoms with van der Waals surface area (Å²) in [4.78, 5) is 15.8. The molecule has 274 valence electrons. The average molecular weight is 743 g/mol. The van der Waals surface area contributed by atoms with Gasteiger partial charge in [0, 0.05) is 34.8 Å². The first-order chi connectivity index (χ1) is 28.7. The maximum Gasteiger partial charge on any atom is 0.160 e. The monoisotopic (exact) mass is 742 g/mol. The molecule has 9 aromatic carbocycles. The first-order valence-electron chi connectivity index (χ1n) is 19.7. The van der Waals surface area contributed by atoms with Crippen molar-refractivity contribution in [3.8, 4) is 44.9 Å². The highest BCUT2D eigenvalue weighted by Gasteiger charge is 2.23. The lowest BCUT2D eigenvalue weighted by atomic mass is 9.94. The number of nitrogens with zero attached hydrogens (tertiary/aromatic N) is 3. The molecule has 0 saturated heterocycles. The zero-order valence-electron chi connectivity index (χ0n) is 31.5. The lowest BCUT2D eigenvalue weighted by Crippen LogP contribution is -2.20. The van der Waals surface area contributed by atoms with Gasteiger partial charge in [-0.2, -0.15) is 0 Å². The van der Waals surface area contributed by atoms with E-state index >= 15 is 0 Å². The van der Waals surface area contributed by atoms with Crippen LogP contribution < -0.4 is 5.32 Å². The molecule has 0 aliphatic carbocycles. The smallest absolute Gasteiger partial charge is 0.160 e. The molecule has 1 unspecified atom stereocenters. The minimum absolute atomic E-state index is 0. The summed E-state index contributed by atoms with van der Waals surface area (Å²) in [5.74, 6) is 0.680. The van der Waals surface area contributed by atoms with Crippen LogP contribution in [0.3, 0.4) is 0 Å². The molecular weight excluding hydrogens is 705 g/mol. The number of anilines is 1. The molecule has 1 N–H and O–H groups in total. The van der Waals surface area contributed by atoms with Crippen molar-refractivity contribution in [2.75, 3.05) is 5.32 Å². The molecule has 1 aliphatic heterocycles. The molecule has 0 saturated carbocycles. The third kappa shape index (κ3) is 6.18. The van der Waals surface area contributed by atoms with Gasteiger partial charge in [-0.15, -0.1) is 0 Å². The van der Waals surface area contributed by atoms with E-state index in [9.17, 15) is 0 Å². The van der Waals surface area contributed by atoms with Crippen LogP contribution in [0.15, 0.2) is 211 Å². The van der Waals surface area contributed by atoms with Crippen LogP contribution in [-0.4, -0.2) is 15.7 Å². The van der Waals surface area contributed by atoms with E-state index in [-0.39, 0.29) is 7.59 Å². The van der Waals surface area contributed by atoms with Gasteiger partial charge in [0.2, 0.25) is 0 Å². The van der Waals surface area contributed by atoms with Gasteiger partial charge >= 0.3 is 0 Å². The van der Waals surface area contributed by atoms with Gasteiger partial charge in [-0.3, -0.25) is 4.99 Å². The van der Waals surface area contributed by atoms with Crippen LogP contribution in [0, 0.1) is 0 Å². The minimum atomic E-state index is -0.304. The van der Waals surface area contributed by atoms with Gasteiger partial charge in [0.1, 0.15) is 6.17 Å². The van der Waals surface area contributed by atoms with E-state index in [1.807, 2.05) is 6.07 Å². The summed E-state index contributed by atoms with van der Waals surface area (Å²) in [6, 6.07) is 72.9. The highest BCUT2D eigenvalue weighted by atomic mass is 15.1. The number of aromatic nitrogens is 2. The Labute approximate surface area is 338 Å². The van der Waals surface area contributed by atoms with Crippen LogP contribution in [-0.2, 0) is 0 Å². The quantitative estimate of drug-likeness (QED) is 0.185. The van der Waals surface area contributed by atoms with Gasteiger partial charge in [-0.1, -0.05) is 164 Å². The molecule has 4 nitrogen and oxygen atoms in total. The second kappa shape index (κ2) is 14.1. The molecule has 0 radical (unpaired) electrons. The van der Waals surface area contributed by atoms with Crippen molar-refractivity contribution in [2.45, 2.75) is 6.17 Å². The first kappa shape index (κ1) is 33.6. The first-order valence-corrected chi connectivity index (χ1v) is 19.7. The molecule has 11 rings (SSSR count). The zero-order valence-corrected chi connectivity index (χ0v) is 31.5. The number of hydrogen-bond donors (Lipinski definition) is 1. The van der Waals surface area contributed by atoms with Gasteiger partial charge in [0.25, 0.3) is 0 Å². The minimum Gasteiger partial charge on any atom is -0.360 e. The largest absolute Gasteiger partial charge is 0.360 e. The van der Waals surface area contributed by atoms with Crippen LogP contribution in [0.5, 0.6) is 0 Å². The van der Waals surface area contributed by atoms with Gasteiger partial charge in [-0.25, -0.2) is 9.97 Å². The fourth-order valence-corrected chi connectivity index (χ4v) is 8.26. The average Bonchev–Trinajstić information content (AvgIpc) is 3.30. The van der Waals surface area contributed by atoms with Gasteiger partial charge < -0.3 is 5.32 Å². The molecule has 1 aliphatic rings. The summed E-state index contributed by atoms with van der Waals surface area (Å²) in [5, 5.41) is 9.49. The number of aliphatic imine (C=N–C) groups is 1. The normalized spacial score (nSPS) is 13.6. The van der Waals surface area contributed by atoms with Gasteiger partial charge in [0.15, 0.2) is 5.82 Å². The summed E-state index contributed by atoms with van der Waals surface area (Å²) in [6.45, 7) is 0. The highest BCUT2D eigenvalue weighted by Crippen LogP contribution is 2.36. The van der Waals surface area contributed by atoms with Crippen molar-refractivity contribution >= 4 is 43.8 Å². The van der Waals surface area contributed by atoms with E-state index in [0.29, 0.717) is 5.82 Å². The van der Waals surface area contributed by atoms with E-state index < -0.39 is 0 Å². The maximum atomic E-state index is 5.40. The summed E-state index contributed by atoms with van der Waals surface area (Å²) in [6.07, 6.45) is -0.304. The van der Waals surface area contributed by atoms with Crippen LogP contribution in [0.25, 0.3) is 77.3 Å². The molecule has 4 heteroatoms. The number of fused-ring (bicyclic) bond motifs is 4. The highest BCUT2D eigenvalue weighted by molar-refractivity contribution is 6.18. The summed E-state index contributed by atoms with van der Waals surface area (Å²) in [7, 11) is 0. The molecule has 2 heterocycles. The van der Waals surface area contributed by atoms with Crippen LogP contribution in [0.1, 0.15) is 24.3 Å². The van der Waals surface area contributed by atoms with Gasteiger partial charge in [-0.05, 0) is 91.8 Å². The molecule has 58 heavy (non-hydrogen) atoms. The summed E-state index contributed by atoms with van der Waals surface area (Å²) < 4.78 is 0. The van der Waals surface area contributed by atoms with Crippen LogP contribution in [0.2, 0.25) is 0 Å². The van der Waals surface area contributed by atoms with Crippen molar-refractivity contribution in [1.82, 2.24) is 9.97 Å². The zero-order chi connectivity index (χ0) is 38.4. The second-order valence-electron chi connectivity index (χ2n) is 14.9. The molecular formula is C54H38N4. The Morgan fingerprint density at radius 2 is 0.948 bits per heavy atom. The Kier molecular flexibility index (Phi) is 8.18. The standard InChI is InChI=1S/C54H36N4.H2/c1-3-12-35(13-4-1)37-22-24-41-32-43(28-26-39(41)30-37)51-47-18-7-9-20-49(47)55-53(57-51)45-16-11-17-46(34-45)54-56-50-21-10-8-19-48(50)52(58-54)44-29-27-40-31-38(23-25-42(40)33-44)36-14-5-2-6-15-36;/h1-34,53,55H;1H. The number of hydrogen-bond acceptors (Lipinski definition) is 4. The van der Waals surface area contributed by atoms with Crippen molar-refractivity contribution in [2.24, 2.45) is 4.99 Å². The van der Waals surface area contributed by atoms with Gasteiger partial charge in [0.05, 0.1) is 16.9 Å². The fraction of sp³-hybridized carbons (Fsp3) is 0.0185. The van der Waals surface area contributed by atoms with Crippen molar-refractivity contribution in [3.05, 3.63) is 223 Å². The molecule has 1 aromatic heterocycles. The molecule has 1 atom stereocenters. The number of para-hydroxylation sites is 2.